The number of nitrogens with one attached hydrogen (secondary N) is 1. The zero-order valence-electron chi connectivity index (χ0n) is 16.4. The van der Waals surface area contributed by atoms with Gasteiger partial charge in [0.1, 0.15) is 5.82 Å². The number of nitrogens with zero attached hydrogens (tertiary/aromatic N) is 4. The van der Waals surface area contributed by atoms with Gasteiger partial charge in [-0.2, -0.15) is 5.10 Å². The molecule has 0 saturated heterocycles. The Hall–Kier alpha value is -3.45. The first-order valence-electron chi connectivity index (χ1n) is 9.64. The SMILES string of the molecule is CCCN(Cc1nc2cc(Cl)ccc2c(=O)[nH]1)C(=O)c1ccn(-c2ccccc2)n1. The Labute approximate surface area is 177 Å². The monoisotopic (exact) mass is 421 g/mol. The highest BCUT2D eigenvalue weighted by Crippen LogP contribution is 2.16. The molecule has 0 aliphatic heterocycles. The van der Waals surface area contributed by atoms with Gasteiger partial charge in [-0.05, 0) is 42.8 Å². The van der Waals surface area contributed by atoms with Crippen LogP contribution in [0.3, 0.4) is 0 Å². The van der Waals surface area contributed by atoms with Gasteiger partial charge in [0.15, 0.2) is 5.69 Å². The molecule has 0 spiro atoms. The summed E-state index contributed by atoms with van der Waals surface area (Å²) in [5.74, 6) is 0.180. The first-order chi connectivity index (χ1) is 14.5. The fourth-order valence-electron chi connectivity index (χ4n) is 3.26. The fraction of sp³-hybridized carbons (Fsp3) is 0.182. The summed E-state index contributed by atoms with van der Waals surface area (Å²) in [6, 6.07) is 16.2. The molecule has 0 bridgehead atoms. The largest absolute Gasteiger partial charge is 0.330 e. The molecule has 2 aromatic carbocycles. The fourth-order valence-corrected chi connectivity index (χ4v) is 3.43. The van der Waals surface area contributed by atoms with E-state index in [-0.39, 0.29) is 18.0 Å². The second-order valence-electron chi connectivity index (χ2n) is 6.88. The van der Waals surface area contributed by atoms with Crippen molar-refractivity contribution in [3.63, 3.8) is 0 Å². The van der Waals surface area contributed by atoms with E-state index in [2.05, 4.69) is 15.1 Å². The number of carbonyl (C=O) groups is 1. The van der Waals surface area contributed by atoms with E-state index in [4.69, 9.17) is 11.6 Å². The molecule has 7 nitrogen and oxygen atoms in total. The van der Waals surface area contributed by atoms with Crippen molar-refractivity contribution in [3.05, 3.63) is 87.7 Å². The Morgan fingerprint density at radius 1 is 1.17 bits per heavy atom. The minimum atomic E-state index is -0.260. The number of carbonyl (C=O) groups excluding carboxylic acids is 1. The Morgan fingerprint density at radius 3 is 2.73 bits per heavy atom. The number of H-pyrrole nitrogens is 1. The molecular formula is C22H20ClN5O2. The van der Waals surface area contributed by atoms with Crippen LogP contribution < -0.4 is 5.56 Å². The zero-order valence-corrected chi connectivity index (χ0v) is 17.1. The second-order valence-corrected chi connectivity index (χ2v) is 7.32. The highest BCUT2D eigenvalue weighted by Gasteiger charge is 2.20. The first kappa shape index (κ1) is 19.8. The van der Waals surface area contributed by atoms with Crippen LogP contribution in [-0.4, -0.2) is 37.1 Å². The quantitative estimate of drug-likeness (QED) is 0.513. The number of hydrogen-bond donors (Lipinski definition) is 1. The van der Waals surface area contributed by atoms with Crippen LogP contribution in [0.25, 0.3) is 16.6 Å². The number of hydrogen-bond acceptors (Lipinski definition) is 4. The van der Waals surface area contributed by atoms with Crippen molar-refractivity contribution in [2.45, 2.75) is 19.9 Å². The van der Waals surface area contributed by atoms with Crippen molar-refractivity contribution < 1.29 is 4.79 Å². The van der Waals surface area contributed by atoms with Crippen molar-refractivity contribution in [2.24, 2.45) is 0 Å². The molecule has 0 radical (unpaired) electrons. The molecule has 2 aromatic heterocycles. The van der Waals surface area contributed by atoms with Gasteiger partial charge >= 0.3 is 0 Å². The number of rotatable bonds is 6. The molecule has 0 unspecified atom stereocenters. The van der Waals surface area contributed by atoms with Crippen molar-refractivity contribution in [2.75, 3.05) is 6.54 Å². The van der Waals surface area contributed by atoms with Crippen molar-refractivity contribution in [1.29, 1.82) is 0 Å². The predicted molar refractivity (Wildman–Crippen MR) is 116 cm³/mol. The molecule has 2 heterocycles. The molecular weight excluding hydrogens is 402 g/mol. The van der Waals surface area contributed by atoms with E-state index in [1.54, 1.807) is 40.0 Å². The Kier molecular flexibility index (Phi) is 5.63. The molecule has 4 rings (SSSR count). The van der Waals surface area contributed by atoms with E-state index in [1.807, 2.05) is 37.3 Å². The smallest absolute Gasteiger partial charge is 0.274 e. The van der Waals surface area contributed by atoms with Gasteiger partial charge in [0.2, 0.25) is 0 Å². The summed E-state index contributed by atoms with van der Waals surface area (Å²) in [5, 5.41) is 5.38. The number of benzene rings is 2. The normalized spacial score (nSPS) is 11.0. The standard InChI is InChI=1S/C22H20ClN5O2/c1-2-11-27(14-20-24-19-13-15(23)8-9-17(19)21(29)25-20)22(30)18-10-12-28(26-18)16-6-4-3-5-7-16/h3-10,12-13H,2,11,14H2,1H3,(H,24,25,29). The third-order valence-corrected chi connectivity index (χ3v) is 4.90. The van der Waals surface area contributed by atoms with Crippen molar-refractivity contribution in [1.82, 2.24) is 24.6 Å². The van der Waals surface area contributed by atoms with Gasteiger partial charge in [-0.15, -0.1) is 0 Å². The lowest BCUT2D eigenvalue weighted by Crippen LogP contribution is -2.33. The highest BCUT2D eigenvalue weighted by atomic mass is 35.5. The molecule has 30 heavy (non-hydrogen) atoms. The Morgan fingerprint density at radius 2 is 1.97 bits per heavy atom. The summed E-state index contributed by atoms with van der Waals surface area (Å²) < 4.78 is 1.66. The van der Waals surface area contributed by atoms with E-state index in [0.717, 1.165) is 12.1 Å². The van der Waals surface area contributed by atoms with Gasteiger partial charge in [0.25, 0.3) is 11.5 Å². The summed E-state index contributed by atoms with van der Waals surface area (Å²) >= 11 is 6.03. The molecule has 152 valence electrons. The van der Waals surface area contributed by atoms with Crippen LogP contribution >= 0.6 is 11.6 Å². The first-order valence-corrected chi connectivity index (χ1v) is 10.0. The average molecular weight is 422 g/mol. The van der Waals surface area contributed by atoms with Crippen molar-refractivity contribution in [3.8, 4) is 5.69 Å². The van der Waals surface area contributed by atoms with Gasteiger partial charge in [0.05, 0.1) is 23.1 Å². The van der Waals surface area contributed by atoms with Crippen LogP contribution in [-0.2, 0) is 6.54 Å². The van der Waals surface area contributed by atoms with Crippen LogP contribution in [0.4, 0.5) is 0 Å². The molecule has 0 saturated carbocycles. The minimum absolute atomic E-state index is 0.169. The van der Waals surface area contributed by atoms with Gasteiger partial charge in [-0.1, -0.05) is 36.7 Å². The van der Waals surface area contributed by atoms with E-state index in [1.165, 1.54) is 0 Å². The number of aromatic amines is 1. The Bertz CT molecular complexity index is 1250. The van der Waals surface area contributed by atoms with E-state index in [9.17, 15) is 9.59 Å². The summed E-state index contributed by atoms with van der Waals surface area (Å²) in [7, 11) is 0. The molecule has 1 amide bonds. The topological polar surface area (TPSA) is 83.9 Å². The number of para-hydroxylation sites is 1. The lowest BCUT2D eigenvalue weighted by molar-refractivity contribution is 0.0732. The maximum absolute atomic E-state index is 13.1. The predicted octanol–water partition coefficient (Wildman–Crippen LogP) is 3.81. The van der Waals surface area contributed by atoms with E-state index in [0.29, 0.717) is 34.0 Å². The van der Waals surface area contributed by atoms with Crippen LogP contribution in [0, 0.1) is 0 Å². The molecule has 0 fully saturated rings. The van der Waals surface area contributed by atoms with Crippen LogP contribution in [0.1, 0.15) is 29.7 Å². The van der Waals surface area contributed by atoms with Gasteiger partial charge in [-0.3, -0.25) is 9.59 Å². The van der Waals surface area contributed by atoms with Gasteiger partial charge in [-0.25, -0.2) is 9.67 Å². The van der Waals surface area contributed by atoms with Crippen molar-refractivity contribution >= 4 is 28.4 Å². The number of halogens is 1. The Balaban J connectivity index is 1.61. The summed E-state index contributed by atoms with van der Waals surface area (Å²) in [4.78, 5) is 34.4. The highest BCUT2D eigenvalue weighted by molar-refractivity contribution is 6.31. The second kappa shape index (κ2) is 8.51. The van der Waals surface area contributed by atoms with Gasteiger partial charge in [0, 0.05) is 17.8 Å². The lowest BCUT2D eigenvalue weighted by Gasteiger charge is -2.20. The zero-order chi connectivity index (χ0) is 21.1. The van der Waals surface area contributed by atoms with Crippen LogP contribution in [0.15, 0.2) is 65.6 Å². The minimum Gasteiger partial charge on any atom is -0.330 e. The van der Waals surface area contributed by atoms with E-state index < -0.39 is 0 Å². The number of amides is 1. The lowest BCUT2D eigenvalue weighted by atomic mass is 10.2. The van der Waals surface area contributed by atoms with Gasteiger partial charge < -0.3 is 9.88 Å². The summed E-state index contributed by atoms with van der Waals surface area (Å²) in [6.45, 7) is 2.66. The maximum Gasteiger partial charge on any atom is 0.274 e. The molecule has 8 heteroatoms. The molecule has 1 N–H and O–H groups in total. The molecule has 4 aromatic rings. The van der Waals surface area contributed by atoms with E-state index >= 15 is 0 Å². The summed E-state index contributed by atoms with van der Waals surface area (Å²) in [5.41, 5.74) is 1.44. The van der Waals surface area contributed by atoms with Crippen LogP contribution in [0.2, 0.25) is 5.02 Å². The average Bonchev–Trinajstić information content (AvgIpc) is 3.23. The van der Waals surface area contributed by atoms with Crippen LogP contribution in [0.5, 0.6) is 0 Å². The molecule has 0 aliphatic carbocycles. The molecule has 0 aliphatic rings. The third kappa shape index (κ3) is 4.11. The maximum atomic E-state index is 13.1. The number of aromatic nitrogens is 4. The third-order valence-electron chi connectivity index (χ3n) is 4.67. The number of fused-ring (bicyclic) bond motifs is 1. The molecule has 0 atom stereocenters. The summed E-state index contributed by atoms with van der Waals surface area (Å²) in [6.07, 6.45) is 2.51.